The Bertz CT molecular complexity index is 1150. The zero-order valence-electron chi connectivity index (χ0n) is 29.2. The summed E-state index contributed by atoms with van der Waals surface area (Å²) in [6.45, 7) is 16.7. The van der Waals surface area contributed by atoms with E-state index >= 15 is 0 Å². The van der Waals surface area contributed by atoms with E-state index in [1.807, 2.05) is 13.8 Å². The van der Waals surface area contributed by atoms with Gasteiger partial charge in [-0.3, -0.25) is 0 Å². The van der Waals surface area contributed by atoms with Crippen LogP contribution >= 0.6 is 0 Å². The Morgan fingerprint density at radius 3 is 2.02 bits per heavy atom. The minimum absolute atomic E-state index is 0.0277. The van der Waals surface area contributed by atoms with Crippen LogP contribution in [0.25, 0.3) is 0 Å². The third-order valence-electron chi connectivity index (χ3n) is 15.4. The number of aliphatic hydroxyl groups excluding tert-OH is 7. The smallest absolute Gasteiger partial charge is 0.186 e. The molecular weight excluding hydrogens is 592 g/mol. The SMILES string of the molecule is CC1(C)O[C@](C)([C@H]2CC[C@]3(C)C2[C@H](O)C[C@@H]2[C@@]4(C)CC[C@H](O)C(C)(C)C4[C@@H](O[C@@H]4O[C@H](CO)[C@@H](O)[C@H](O)[C@H]4O)C[C@]23C)CC[C@H]1O. The van der Waals surface area contributed by atoms with Crippen LogP contribution in [0.5, 0.6) is 0 Å². The fourth-order valence-electron chi connectivity index (χ4n) is 12.8. The summed E-state index contributed by atoms with van der Waals surface area (Å²) in [5.41, 5.74) is -2.61. The molecule has 7 N–H and O–H groups in total. The molecule has 4 saturated carbocycles. The Kier molecular flexibility index (Phi) is 8.71. The second-order valence-corrected chi connectivity index (χ2v) is 18.4. The van der Waals surface area contributed by atoms with Crippen molar-refractivity contribution in [1.29, 1.82) is 0 Å². The number of aliphatic hydroxyl groups is 7. The van der Waals surface area contributed by atoms with Gasteiger partial charge < -0.3 is 50.0 Å². The zero-order valence-corrected chi connectivity index (χ0v) is 29.2. The second-order valence-electron chi connectivity index (χ2n) is 18.4. The van der Waals surface area contributed by atoms with Crippen molar-refractivity contribution >= 4 is 0 Å². The molecule has 6 fully saturated rings. The largest absolute Gasteiger partial charge is 0.394 e. The summed E-state index contributed by atoms with van der Waals surface area (Å²) in [5.74, 6) is 0.0667. The van der Waals surface area contributed by atoms with Gasteiger partial charge in [0.1, 0.15) is 24.4 Å². The molecule has 46 heavy (non-hydrogen) atoms. The molecule has 0 spiro atoms. The van der Waals surface area contributed by atoms with E-state index in [9.17, 15) is 35.7 Å². The minimum Gasteiger partial charge on any atom is -0.394 e. The number of ether oxygens (including phenoxy) is 3. The van der Waals surface area contributed by atoms with Crippen LogP contribution in [0.1, 0.15) is 107 Å². The molecule has 0 amide bonds. The van der Waals surface area contributed by atoms with Crippen molar-refractivity contribution in [2.24, 2.45) is 45.3 Å². The van der Waals surface area contributed by atoms with Gasteiger partial charge >= 0.3 is 0 Å². The normalized spacial score (nSPS) is 58.1. The van der Waals surface area contributed by atoms with Gasteiger partial charge in [0.25, 0.3) is 0 Å². The predicted molar refractivity (Wildman–Crippen MR) is 169 cm³/mol. The maximum absolute atomic E-state index is 12.2. The monoisotopic (exact) mass is 654 g/mol. The van der Waals surface area contributed by atoms with Gasteiger partial charge in [0, 0.05) is 0 Å². The van der Waals surface area contributed by atoms with Crippen LogP contribution in [0.3, 0.4) is 0 Å². The van der Waals surface area contributed by atoms with Crippen molar-refractivity contribution in [1.82, 2.24) is 0 Å². The molecule has 0 radical (unpaired) electrons. The number of hydrogen-bond acceptors (Lipinski definition) is 10. The summed E-state index contributed by atoms with van der Waals surface area (Å²) in [6.07, 6.45) is -3.11. The third-order valence-corrected chi connectivity index (χ3v) is 15.4. The maximum Gasteiger partial charge on any atom is 0.186 e. The Morgan fingerprint density at radius 1 is 0.739 bits per heavy atom. The van der Waals surface area contributed by atoms with Gasteiger partial charge in [-0.2, -0.15) is 0 Å². The number of hydrogen-bond donors (Lipinski definition) is 7. The number of fused-ring (bicyclic) bond motifs is 5. The second kappa shape index (κ2) is 11.3. The lowest BCUT2D eigenvalue weighted by Crippen LogP contribution is -2.71. The lowest BCUT2D eigenvalue weighted by atomic mass is 9.34. The average Bonchev–Trinajstić information content (AvgIpc) is 3.35. The molecule has 17 atom stereocenters. The summed E-state index contributed by atoms with van der Waals surface area (Å²) in [7, 11) is 0. The molecule has 0 aromatic carbocycles. The van der Waals surface area contributed by atoms with Crippen LogP contribution in [0, 0.1) is 45.3 Å². The van der Waals surface area contributed by atoms with Gasteiger partial charge in [-0.1, -0.05) is 34.6 Å². The van der Waals surface area contributed by atoms with E-state index in [1.54, 1.807) is 0 Å². The van der Waals surface area contributed by atoms with Crippen LogP contribution < -0.4 is 0 Å². The molecular formula is C36H62O10. The molecule has 10 heteroatoms. The van der Waals surface area contributed by atoms with E-state index in [4.69, 9.17) is 14.2 Å². The predicted octanol–water partition coefficient (Wildman–Crippen LogP) is 2.51. The highest BCUT2D eigenvalue weighted by atomic mass is 16.7. The molecule has 0 aromatic rings. The van der Waals surface area contributed by atoms with E-state index in [2.05, 4.69) is 41.5 Å². The molecule has 2 aliphatic heterocycles. The van der Waals surface area contributed by atoms with Gasteiger partial charge in [0.15, 0.2) is 6.29 Å². The summed E-state index contributed by atoms with van der Waals surface area (Å²) in [6, 6.07) is 0. The molecule has 2 heterocycles. The molecule has 266 valence electrons. The van der Waals surface area contributed by atoms with E-state index in [1.165, 1.54) is 0 Å². The first-order chi connectivity index (χ1) is 21.2. The van der Waals surface area contributed by atoms with Crippen LogP contribution in [0.15, 0.2) is 0 Å². The van der Waals surface area contributed by atoms with E-state index in [-0.39, 0.29) is 39.9 Å². The first kappa shape index (κ1) is 35.4. The van der Waals surface area contributed by atoms with Crippen molar-refractivity contribution in [2.45, 2.75) is 173 Å². The van der Waals surface area contributed by atoms with Crippen LogP contribution in [-0.2, 0) is 14.2 Å². The van der Waals surface area contributed by atoms with Crippen molar-refractivity contribution in [3.63, 3.8) is 0 Å². The van der Waals surface area contributed by atoms with Crippen LogP contribution in [0.2, 0.25) is 0 Å². The topological polar surface area (TPSA) is 169 Å². The highest BCUT2D eigenvalue weighted by Gasteiger charge is 2.74. The van der Waals surface area contributed by atoms with Crippen molar-refractivity contribution in [3.8, 4) is 0 Å². The number of rotatable bonds is 4. The van der Waals surface area contributed by atoms with Crippen molar-refractivity contribution in [3.05, 3.63) is 0 Å². The summed E-state index contributed by atoms with van der Waals surface area (Å²) < 4.78 is 19.4. The van der Waals surface area contributed by atoms with Gasteiger partial charge in [0.05, 0.1) is 42.2 Å². The van der Waals surface area contributed by atoms with E-state index < -0.39 is 78.3 Å². The van der Waals surface area contributed by atoms with Gasteiger partial charge in [-0.15, -0.1) is 0 Å². The van der Waals surface area contributed by atoms with E-state index in [0.29, 0.717) is 25.7 Å². The van der Waals surface area contributed by atoms with Crippen molar-refractivity contribution < 1.29 is 50.0 Å². The van der Waals surface area contributed by atoms with Gasteiger partial charge in [-0.25, -0.2) is 0 Å². The molecule has 6 rings (SSSR count). The summed E-state index contributed by atoms with van der Waals surface area (Å²) in [5, 5.41) is 76.3. The Labute approximate surface area is 274 Å². The summed E-state index contributed by atoms with van der Waals surface area (Å²) in [4.78, 5) is 0. The van der Waals surface area contributed by atoms with Crippen LogP contribution in [0.4, 0.5) is 0 Å². The van der Waals surface area contributed by atoms with E-state index in [0.717, 1.165) is 25.7 Å². The first-order valence-corrected chi connectivity index (χ1v) is 17.9. The van der Waals surface area contributed by atoms with Gasteiger partial charge in [0.2, 0.25) is 0 Å². The lowest BCUT2D eigenvalue weighted by Gasteiger charge is -2.72. The average molecular weight is 655 g/mol. The molecule has 2 unspecified atom stereocenters. The highest BCUT2D eigenvalue weighted by Crippen LogP contribution is 2.76. The van der Waals surface area contributed by atoms with Crippen molar-refractivity contribution in [2.75, 3.05) is 6.61 Å². The molecule has 0 bridgehead atoms. The zero-order chi connectivity index (χ0) is 34.0. The molecule has 6 aliphatic rings. The third kappa shape index (κ3) is 4.86. The standard InChI is InChI=1S/C36H62O10/c1-31(2)23(39)10-12-33(5)22-15-19(38)25-18(36(8)14-11-24(40)32(3,4)46-36)9-13-34(25,6)35(22,7)16-20(29(31)33)44-30-28(43)27(42)26(41)21(17-37)45-30/h18-30,37-43H,9-17H2,1-8H3/t18-,19+,20-,21+,22+,23-,24+,25?,26+,27-,28+,29?,30+,33+,34+,35+,36-/m0/s1. The summed E-state index contributed by atoms with van der Waals surface area (Å²) >= 11 is 0. The lowest BCUT2D eigenvalue weighted by molar-refractivity contribution is -0.347. The Balaban J connectivity index is 1.40. The molecule has 0 aromatic heterocycles. The fraction of sp³-hybridized carbons (Fsp3) is 1.00. The highest BCUT2D eigenvalue weighted by molar-refractivity contribution is 5.22. The Morgan fingerprint density at radius 2 is 1.39 bits per heavy atom. The Hall–Kier alpha value is -0.400. The molecule has 10 nitrogen and oxygen atoms in total. The first-order valence-electron chi connectivity index (χ1n) is 17.9. The van der Waals surface area contributed by atoms with Gasteiger partial charge in [-0.05, 0) is 117 Å². The van der Waals surface area contributed by atoms with Crippen LogP contribution in [-0.4, -0.2) is 109 Å². The fourth-order valence-corrected chi connectivity index (χ4v) is 12.8. The quantitative estimate of drug-likeness (QED) is 0.224. The minimum atomic E-state index is -1.54. The maximum atomic E-state index is 12.2. The molecule has 4 aliphatic carbocycles. The molecule has 2 saturated heterocycles.